The van der Waals surface area contributed by atoms with Crippen molar-refractivity contribution in [1.82, 2.24) is 5.32 Å². The van der Waals surface area contributed by atoms with Crippen LogP contribution >= 0.6 is 0 Å². The Morgan fingerprint density at radius 1 is 1.39 bits per heavy atom. The fourth-order valence-corrected chi connectivity index (χ4v) is 1.08. The van der Waals surface area contributed by atoms with E-state index in [1.54, 1.807) is 6.07 Å². The van der Waals surface area contributed by atoms with Gasteiger partial charge >= 0.3 is 6.43 Å². The molecule has 0 atom stereocenters. The molecule has 0 aliphatic rings. The number of carbonyl (C=O) groups excluding carboxylic acids is 2. The molecule has 0 saturated carbocycles. The first kappa shape index (κ1) is 13.9. The van der Waals surface area contributed by atoms with E-state index < -0.39 is 12.3 Å². The molecule has 0 aromatic heterocycles. The number of carbonyl (C=O) groups is 2. The van der Waals surface area contributed by atoms with Crippen LogP contribution in [0.2, 0.25) is 0 Å². The molecule has 2 N–H and O–H groups in total. The van der Waals surface area contributed by atoms with Gasteiger partial charge in [0, 0.05) is 18.8 Å². The average Bonchev–Trinajstić information content (AvgIpc) is 2.36. The first-order valence-corrected chi connectivity index (χ1v) is 5.05. The van der Waals surface area contributed by atoms with Crippen LogP contribution in [0.5, 0.6) is 5.75 Å². The van der Waals surface area contributed by atoms with Gasteiger partial charge in [-0.25, -0.2) is 0 Å². The number of halogens is 2. The summed E-state index contributed by atoms with van der Waals surface area (Å²) in [4.78, 5) is 21.7. The minimum atomic E-state index is -3.08. The highest BCUT2D eigenvalue weighted by Crippen LogP contribution is 2.17. The van der Waals surface area contributed by atoms with Crippen molar-refractivity contribution in [3.8, 4) is 5.75 Å². The summed E-state index contributed by atoms with van der Waals surface area (Å²) in [6, 6.07) is 5.84. The highest BCUT2D eigenvalue weighted by Gasteiger charge is 2.15. The van der Waals surface area contributed by atoms with Crippen molar-refractivity contribution >= 4 is 17.5 Å². The number of rotatable bonds is 5. The van der Waals surface area contributed by atoms with Crippen molar-refractivity contribution in [1.29, 1.82) is 0 Å². The van der Waals surface area contributed by atoms with E-state index in [0.717, 1.165) is 0 Å². The third-order valence-corrected chi connectivity index (χ3v) is 1.95. The molecule has 2 amide bonds. The Morgan fingerprint density at radius 3 is 2.72 bits per heavy atom. The maximum absolute atomic E-state index is 12.0. The Bertz CT molecular complexity index is 438. The van der Waals surface area contributed by atoms with Gasteiger partial charge in [-0.2, -0.15) is 8.78 Å². The van der Waals surface area contributed by atoms with Crippen LogP contribution in [0.3, 0.4) is 0 Å². The summed E-state index contributed by atoms with van der Waals surface area (Å²) in [5, 5.41) is 4.38. The smallest absolute Gasteiger partial charge is 0.315 e. The van der Waals surface area contributed by atoms with Crippen LogP contribution in [0, 0.1) is 0 Å². The quantitative estimate of drug-likeness (QED) is 0.828. The highest BCUT2D eigenvalue weighted by atomic mass is 19.3. The van der Waals surface area contributed by atoms with Gasteiger partial charge in [-0.05, 0) is 12.1 Å². The number of hydrogen-bond acceptors (Lipinski definition) is 3. The zero-order chi connectivity index (χ0) is 13.5. The van der Waals surface area contributed by atoms with Gasteiger partial charge in [0.05, 0.1) is 0 Å². The number of nitrogens with one attached hydrogen (secondary N) is 2. The summed E-state index contributed by atoms with van der Waals surface area (Å²) in [7, 11) is 1.46. The van der Waals surface area contributed by atoms with Crippen molar-refractivity contribution in [3.05, 3.63) is 24.3 Å². The van der Waals surface area contributed by atoms with Crippen LogP contribution in [0.15, 0.2) is 24.3 Å². The van der Waals surface area contributed by atoms with Crippen LogP contribution in [-0.2, 0) is 9.59 Å². The van der Waals surface area contributed by atoms with Crippen LogP contribution in [-0.4, -0.2) is 31.9 Å². The third-order valence-electron chi connectivity index (χ3n) is 1.95. The molecule has 0 aliphatic carbocycles. The average molecular weight is 258 g/mol. The summed E-state index contributed by atoms with van der Waals surface area (Å²) < 4.78 is 29.1. The van der Waals surface area contributed by atoms with E-state index >= 15 is 0 Å². The van der Waals surface area contributed by atoms with E-state index in [9.17, 15) is 18.4 Å². The van der Waals surface area contributed by atoms with Crippen LogP contribution in [0.25, 0.3) is 0 Å². The summed E-state index contributed by atoms with van der Waals surface area (Å²) in [6.45, 7) is -0.192. The van der Waals surface area contributed by atoms with Crippen molar-refractivity contribution in [2.75, 3.05) is 19.0 Å². The molecular formula is C11H12F2N2O3. The Balaban J connectivity index is 2.62. The van der Waals surface area contributed by atoms with E-state index in [1.165, 1.54) is 25.2 Å². The summed E-state index contributed by atoms with van der Waals surface area (Å²) in [5.74, 6) is -1.42. The molecular weight excluding hydrogens is 246 g/mol. The lowest BCUT2D eigenvalue weighted by molar-refractivity contribution is -0.126. The van der Waals surface area contributed by atoms with Gasteiger partial charge in [0.2, 0.25) is 0 Å². The molecule has 0 saturated heterocycles. The van der Waals surface area contributed by atoms with Gasteiger partial charge in [-0.15, -0.1) is 0 Å². The molecule has 0 bridgehead atoms. The van der Waals surface area contributed by atoms with Crippen molar-refractivity contribution in [2.45, 2.75) is 6.43 Å². The standard InChI is InChI=1S/C11H12F2N2O3/c1-14-9(16)6-18-8-4-2-3-7(5-8)15-11(17)10(12)13/h2-5,10H,6H2,1H3,(H,14,16)(H,15,17). The monoisotopic (exact) mass is 258 g/mol. The van der Waals surface area contributed by atoms with Gasteiger partial charge in [0.25, 0.3) is 11.8 Å². The molecule has 0 fully saturated rings. The molecule has 98 valence electrons. The van der Waals surface area contributed by atoms with Crippen LogP contribution in [0.1, 0.15) is 0 Å². The molecule has 1 rings (SSSR count). The number of ether oxygens (including phenoxy) is 1. The first-order chi connectivity index (χ1) is 8.52. The van der Waals surface area contributed by atoms with Gasteiger partial charge in [-0.3, -0.25) is 9.59 Å². The molecule has 0 heterocycles. The molecule has 0 radical (unpaired) electrons. The molecule has 1 aromatic carbocycles. The van der Waals surface area contributed by atoms with E-state index in [1.807, 2.05) is 5.32 Å². The SMILES string of the molecule is CNC(=O)COc1cccc(NC(=O)C(F)F)c1. The molecule has 5 nitrogen and oxygen atoms in total. The molecule has 0 unspecified atom stereocenters. The van der Waals surface area contributed by atoms with Gasteiger partial charge in [0.15, 0.2) is 6.61 Å². The number of benzene rings is 1. The molecule has 0 aliphatic heterocycles. The normalized spacial score (nSPS) is 10.0. The Hall–Kier alpha value is -2.18. The second kappa shape index (κ2) is 6.53. The lowest BCUT2D eigenvalue weighted by Crippen LogP contribution is -2.24. The minimum Gasteiger partial charge on any atom is -0.484 e. The van der Waals surface area contributed by atoms with Gasteiger partial charge in [-0.1, -0.05) is 6.07 Å². The zero-order valence-electron chi connectivity index (χ0n) is 9.57. The second-order valence-corrected chi connectivity index (χ2v) is 3.28. The number of likely N-dealkylation sites (N-methyl/N-ethyl adjacent to an activating group) is 1. The molecule has 1 aromatic rings. The minimum absolute atomic E-state index is 0.176. The van der Waals surface area contributed by atoms with Crippen molar-refractivity contribution < 1.29 is 23.1 Å². The largest absolute Gasteiger partial charge is 0.484 e. The lowest BCUT2D eigenvalue weighted by atomic mass is 10.3. The Morgan fingerprint density at radius 2 is 2.11 bits per heavy atom. The first-order valence-electron chi connectivity index (χ1n) is 5.05. The summed E-state index contributed by atoms with van der Waals surface area (Å²) >= 11 is 0. The number of amides is 2. The summed E-state index contributed by atoms with van der Waals surface area (Å²) in [6.07, 6.45) is -3.08. The number of anilines is 1. The fraction of sp³-hybridized carbons (Fsp3) is 0.273. The lowest BCUT2D eigenvalue weighted by Gasteiger charge is -2.08. The van der Waals surface area contributed by atoms with Crippen molar-refractivity contribution in [2.24, 2.45) is 0 Å². The maximum Gasteiger partial charge on any atom is 0.315 e. The highest BCUT2D eigenvalue weighted by molar-refractivity contribution is 5.93. The van der Waals surface area contributed by atoms with E-state index in [-0.39, 0.29) is 18.2 Å². The van der Waals surface area contributed by atoms with Crippen molar-refractivity contribution in [3.63, 3.8) is 0 Å². The number of hydrogen-bond donors (Lipinski definition) is 2. The second-order valence-electron chi connectivity index (χ2n) is 3.28. The topological polar surface area (TPSA) is 67.4 Å². The van der Waals surface area contributed by atoms with Crippen LogP contribution in [0.4, 0.5) is 14.5 Å². The Kier molecular flexibility index (Phi) is 5.04. The van der Waals surface area contributed by atoms with E-state index in [4.69, 9.17) is 4.74 Å². The van der Waals surface area contributed by atoms with Gasteiger partial charge < -0.3 is 15.4 Å². The van der Waals surface area contributed by atoms with E-state index in [2.05, 4.69) is 5.32 Å². The zero-order valence-corrected chi connectivity index (χ0v) is 9.57. The predicted octanol–water partition coefficient (Wildman–Crippen LogP) is 1.01. The molecule has 18 heavy (non-hydrogen) atoms. The predicted molar refractivity (Wildman–Crippen MR) is 60.6 cm³/mol. The van der Waals surface area contributed by atoms with Gasteiger partial charge in [0.1, 0.15) is 5.75 Å². The number of alkyl halides is 2. The molecule has 0 spiro atoms. The fourth-order valence-electron chi connectivity index (χ4n) is 1.08. The molecule has 7 heteroatoms. The maximum atomic E-state index is 12.0. The van der Waals surface area contributed by atoms with E-state index in [0.29, 0.717) is 5.75 Å². The van der Waals surface area contributed by atoms with Crippen LogP contribution < -0.4 is 15.4 Å². The Labute approximate surface area is 102 Å². The third kappa shape index (κ3) is 4.36. The summed E-state index contributed by atoms with van der Waals surface area (Å²) in [5.41, 5.74) is 0.176.